The second-order valence-corrected chi connectivity index (χ2v) is 10.0. The highest BCUT2D eigenvalue weighted by atomic mass is 32.1. The zero-order chi connectivity index (χ0) is 26.8. The molecule has 5 rings (SSSR count). The summed E-state index contributed by atoms with van der Waals surface area (Å²) in [6.07, 6.45) is 2.08. The molecular weight excluding hydrogens is 494 g/mol. The number of nitrogens with one attached hydrogen (secondary N) is 2. The van der Waals surface area contributed by atoms with E-state index in [0.717, 1.165) is 39.6 Å². The maximum Gasteiger partial charge on any atom is 0.226 e. The smallest absolute Gasteiger partial charge is 0.226 e. The number of amides is 1. The van der Waals surface area contributed by atoms with Gasteiger partial charge in [0.1, 0.15) is 5.75 Å². The lowest BCUT2D eigenvalue weighted by Crippen LogP contribution is -2.32. The molecule has 8 heteroatoms. The van der Waals surface area contributed by atoms with Crippen molar-refractivity contribution in [3.8, 4) is 11.4 Å². The molecule has 194 valence electrons. The van der Waals surface area contributed by atoms with Gasteiger partial charge in [-0.15, -0.1) is 0 Å². The molecule has 38 heavy (non-hydrogen) atoms. The molecule has 0 unspecified atom stereocenters. The zero-order valence-corrected chi connectivity index (χ0v) is 22.5. The molecule has 1 amide bonds. The largest absolute Gasteiger partial charge is 0.508 e. The molecule has 0 radical (unpaired) electrons. The highest BCUT2D eigenvalue weighted by molar-refractivity contribution is 7.80. The molecule has 1 saturated heterocycles. The second kappa shape index (κ2) is 10.7. The number of hydrogen-bond acceptors (Lipinski definition) is 4. The predicted octanol–water partition coefficient (Wildman–Crippen LogP) is 5.50. The highest BCUT2D eigenvalue weighted by Gasteiger charge is 2.41. The maximum atomic E-state index is 12.9. The summed E-state index contributed by atoms with van der Waals surface area (Å²) >= 11 is 5.80. The fourth-order valence-electron chi connectivity index (χ4n) is 5.15. The summed E-state index contributed by atoms with van der Waals surface area (Å²) in [7, 11) is 0. The maximum absolute atomic E-state index is 12.9. The third kappa shape index (κ3) is 5.13. The number of hydrogen-bond donors (Lipinski definition) is 3. The van der Waals surface area contributed by atoms with E-state index in [9.17, 15) is 9.90 Å². The van der Waals surface area contributed by atoms with Gasteiger partial charge in [-0.3, -0.25) is 9.78 Å². The number of aromatic hydroxyl groups is 1. The van der Waals surface area contributed by atoms with Crippen LogP contribution in [0.1, 0.15) is 46.7 Å². The summed E-state index contributed by atoms with van der Waals surface area (Å²) in [4.78, 5) is 19.6. The number of pyridine rings is 1. The van der Waals surface area contributed by atoms with Crippen LogP contribution in [0, 0.1) is 20.8 Å². The van der Waals surface area contributed by atoms with E-state index in [2.05, 4.69) is 45.0 Å². The van der Waals surface area contributed by atoms with Crippen LogP contribution < -0.4 is 10.6 Å². The fourth-order valence-corrected chi connectivity index (χ4v) is 5.49. The number of benzene rings is 2. The zero-order valence-electron chi connectivity index (χ0n) is 21.7. The van der Waals surface area contributed by atoms with Crippen molar-refractivity contribution in [1.29, 1.82) is 0 Å². The Labute approximate surface area is 228 Å². The topological polar surface area (TPSA) is 82.4 Å². The number of phenolic OH excluding ortho intramolecular Hbond substituents is 1. The molecule has 1 fully saturated rings. The summed E-state index contributed by atoms with van der Waals surface area (Å²) < 4.78 is 2.17. The van der Waals surface area contributed by atoms with Crippen LogP contribution in [-0.4, -0.2) is 37.1 Å². The molecule has 0 spiro atoms. The molecule has 2 aromatic heterocycles. The van der Waals surface area contributed by atoms with E-state index in [1.807, 2.05) is 61.5 Å². The van der Waals surface area contributed by atoms with Crippen molar-refractivity contribution in [2.24, 2.45) is 0 Å². The van der Waals surface area contributed by atoms with Gasteiger partial charge in [0.25, 0.3) is 0 Å². The molecule has 0 aliphatic carbocycles. The number of aromatic nitrogens is 2. The summed E-state index contributed by atoms with van der Waals surface area (Å²) in [5, 5.41) is 16.8. The SMILES string of the molecule is Cc1ccc(NC(=O)CCN2C(=S)N[C@@H](c3ccccn3)[C@@H]2c2cc(C)n(-c3ccc(O)cc3)c2C)cc1. The number of thiocarbonyl (C=S) groups is 1. The second-order valence-electron chi connectivity index (χ2n) is 9.66. The Morgan fingerprint density at radius 1 is 1.05 bits per heavy atom. The van der Waals surface area contributed by atoms with Gasteiger partial charge in [-0.2, -0.15) is 0 Å². The first-order valence-electron chi connectivity index (χ1n) is 12.6. The molecule has 2 aromatic carbocycles. The van der Waals surface area contributed by atoms with Gasteiger partial charge in [-0.05, 0) is 93.1 Å². The molecule has 0 bridgehead atoms. The number of anilines is 1. The van der Waals surface area contributed by atoms with Crippen LogP contribution in [0.25, 0.3) is 5.69 Å². The van der Waals surface area contributed by atoms with Crippen LogP contribution in [0.4, 0.5) is 5.69 Å². The van der Waals surface area contributed by atoms with Gasteiger partial charge in [0.15, 0.2) is 5.11 Å². The van der Waals surface area contributed by atoms with Crippen LogP contribution in [0.15, 0.2) is 79.0 Å². The molecule has 7 nitrogen and oxygen atoms in total. The van der Waals surface area contributed by atoms with E-state index in [0.29, 0.717) is 11.7 Å². The normalized spacial score (nSPS) is 16.9. The minimum absolute atomic E-state index is 0.0637. The van der Waals surface area contributed by atoms with Crippen molar-refractivity contribution in [2.75, 3.05) is 11.9 Å². The Morgan fingerprint density at radius 2 is 1.79 bits per heavy atom. The molecular formula is C30H31N5O2S. The number of carbonyl (C=O) groups excluding carboxylic acids is 1. The monoisotopic (exact) mass is 525 g/mol. The molecule has 3 heterocycles. The van der Waals surface area contributed by atoms with Gasteiger partial charge in [-0.25, -0.2) is 0 Å². The van der Waals surface area contributed by atoms with Crippen LogP contribution in [0.3, 0.4) is 0 Å². The molecule has 1 aliphatic heterocycles. The van der Waals surface area contributed by atoms with Gasteiger partial charge in [0, 0.05) is 41.9 Å². The van der Waals surface area contributed by atoms with Gasteiger partial charge in [0.05, 0.1) is 17.8 Å². The highest BCUT2D eigenvalue weighted by Crippen LogP contribution is 2.41. The minimum atomic E-state index is -0.169. The summed E-state index contributed by atoms with van der Waals surface area (Å²) in [6, 6.07) is 22.7. The Kier molecular flexibility index (Phi) is 7.15. The molecule has 2 atom stereocenters. The van der Waals surface area contributed by atoms with Crippen molar-refractivity contribution in [2.45, 2.75) is 39.3 Å². The van der Waals surface area contributed by atoms with Crippen molar-refractivity contribution in [1.82, 2.24) is 19.8 Å². The Bertz CT molecular complexity index is 1450. The third-order valence-electron chi connectivity index (χ3n) is 7.01. The van der Waals surface area contributed by atoms with E-state index in [1.165, 1.54) is 0 Å². The average Bonchev–Trinajstić information content (AvgIpc) is 3.39. The lowest BCUT2D eigenvalue weighted by molar-refractivity contribution is -0.116. The lowest BCUT2D eigenvalue weighted by Gasteiger charge is -2.28. The molecule has 4 aromatic rings. The average molecular weight is 526 g/mol. The van der Waals surface area contributed by atoms with Crippen molar-refractivity contribution < 1.29 is 9.90 Å². The van der Waals surface area contributed by atoms with Crippen LogP contribution in [0.2, 0.25) is 0 Å². The van der Waals surface area contributed by atoms with Gasteiger partial charge in [0.2, 0.25) is 5.91 Å². The van der Waals surface area contributed by atoms with Crippen molar-refractivity contribution >= 4 is 28.9 Å². The number of rotatable bonds is 7. The van der Waals surface area contributed by atoms with E-state index in [1.54, 1.807) is 18.3 Å². The quantitative estimate of drug-likeness (QED) is 0.276. The summed E-state index contributed by atoms with van der Waals surface area (Å²) in [6.45, 7) is 6.64. The first-order valence-corrected chi connectivity index (χ1v) is 13.1. The van der Waals surface area contributed by atoms with E-state index in [-0.39, 0.29) is 30.2 Å². The first kappa shape index (κ1) is 25.5. The Morgan fingerprint density at radius 3 is 2.47 bits per heavy atom. The summed E-state index contributed by atoms with van der Waals surface area (Å²) in [5.74, 6) is 0.165. The van der Waals surface area contributed by atoms with E-state index >= 15 is 0 Å². The standard InChI is InChI=1S/C30H31N5O2S/c1-19-7-9-22(10-8-19)32-27(37)15-17-34-29(28(33-30(34)38)26-6-4-5-16-31-26)25-18-20(2)35(21(25)3)23-11-13-24(36)14-12-23/h4-14,16,18,28-29,36H,15,17H2,1-3H3,(H,32,37)(H,33,38)/t28-,29-/m0/s1. The summed E-state index contributed by atoms with van der Waals surface area (Å²) in [5.41, 5.74) is 7.03. The molecule has 0 saturated carbocycles. The number of nitrogens with zero attached hydrogens (tertiary/aromatic N) is 3. The van der Waals surface area contributed by atoms with E-state index < -0.39 is 0 Å². The first-order chi connectivity index (χ1) is 18.3. The Balaban J connectivity index is 1.46. The van der Waals surface area contributed by atoms with Gasteiger partial charge in [-0.1, -0.05) is 23.8 Å². The number of phenols is 1. The van der Waals surface area contributed by atoms with Crippen LogP contribution >= 0.6 is 12.2 Å². The molecule has 1 aliphatic rings. The third-order valence-corrected chi connectivity index (χ3v) is 7.36. The Hall–Kier alpha value is -4.17. The number of aryl methyl sites for hydroxylation is 2. The van der Waals surface area contributed by atoms with Crippen LogP contribution in [-0.2, 0) is 4.79 Å². The van der Waals surface area contributed by atoms with Crippen molar-refractivity contribution in [3.05, 3.63) is 107 Å². The minimum Gasteiger partial charge on any atom is -0.508 e. The van der Waals surface area contributed by atoms with E-state index in [4.69, 9.17) is 12.2 Å². The van der Waals surface area contributed by atoms with Crippen LogP contribution in [0.5, 0.6) is 5.75 Å². The molecule has 3 N–H and O–H groups in total. The predicted molar refractivity (Wildman–Crippen MR) is 153 cm³/mol. The van der Waals surface area contributed by atoms with Crippen molar-refractivity contribution in [3.63, 3.8) is 0 Å². The fraction of sp³-hybridized carbons (Fsp3) is 0.233. The lowest BCUT2D eigenvalue weighted by atomic mass is 9.96. The van der Waals surface area contributed by atoms with Gasteiger partial charge < -0.3 is 25.2 Å². The number of carbonyl (C=O) groups is 1. The van der Waals surface area contributed by atoms with Gasteiger partial charge >= 0.3 is 0 Å².